The second kappa shape index (κ2) is 16.5. The van der Waals surface area contributed by atoms with Crippen molar-refractivity contribution in [2.24, 2.45) is 25.9 Å². The molecule has 2 saturated carbocycles. The summed E-state index contributed by atoms with van der Waals surface area (Å²) in [7, 11) is 3.73. The van der Waals surface area contributed by atoms with Crippen molar-refractivity contribution in [2.75, 3.05) is 30.3 Å². The molecule has 0 atom stereocenters. The minimum Gasteiger partial charge on any atom is -0.481 e. The summed E-state index contributed by atoms with van der Waals surface area (Å²) in [5, 5.41) is 25.9. The number of hydrogen-bond donors (Lipinski definition) is 4. The number of carbonyl (C=O) groups is 3. The normalized spacial score (nSPS) is 22.8. The van der Waals surface area contributed by atoms with Gasteiger partial charge in [-0.3, -0.25) is 24.2 Å². The van der Waals surface area contributed by atoms with E-state index in [1.165, 1.54) is 0 Å². The molecule has 4 heterocycles. The lowest BCUT2D eigenvalue weighted by Gasteiger charge is -2.37. The Morgan fingerprint density at radius 2 is 1.26 bits per heavy atom. The molecular weight excluding hydrogens is 767 g/mol. The molecule has 2 amide bonds. The predicted molar refractivity (Wildman–Crippen MR) is 219 cm³/mol. The molecule has 0 spiro atoms. The molecule has 0 bridgehead atoms. The predicted octanol–water partition coefficient (Wildman–Crippen LogP) is 6.54. The number of fused-ring (bicyclic) bond motifs is 2. The van der Waals surface area contributed by atoms with E-state index in [9.17, 15) is 24.6 Å². The number of imidazole rings is 2. The molecule has 8 rings (SSSR count). The third-order valence-corrected chi connectivity index (χ3v) is 13.5. The van der Waals surface area contributed by atoms with E-state index in [0.29, 0.717) is 69.2 Å². The first kappa shape index (κ1) is 39.6. The molecule has 0 saturated heterocycles. The van der Waals surface area contributed by atoms with Crippen molar-refractivity contribution in [1.29, 1.82) is 0 Å². The lowest BCUT2D eigenvalue weighted by molar-refractivity contribution is -0.143. The van der Waals surface area contributed by atoms with E-state index in [-0.39, 0.29) is 23.8 Å². The van der Waals surface area contributed by atoms with E-state index >= 15 is 0 Å². The van der Waals surface area contributed by atoms with E-state index < -0.39 is 5.97 Å². The molecule has 0 radical (unpaired) electrons. The summed E-state index contributed by atoms with van der Waals surface area (Å²) in [4.78, 5) is 53.2. The van der Waals surface area contributed by atoms with Crippen LogP contribution in [-0.2, 0) is 44.8 Å². The quantitative estimate of drug-likeness (QED) is 0.147. The van der Waals surface area contributed by atoms with Gasteiger partial charge >= 0.3 is 5.97 Å². The first-order valence-electron chi connectivity index (χ1n) is 20.1. The number of halogens is 2. The number of aliphatic hydroxyl groups is 1. The Labute approximate surface area is 342 Å². The SMILES string of the molecule is Cn1c(C(=O)Nc2cccc(-c3cccc(NC(=O)c4nc5c(n4C)CCN(C4CCC(O)CC4)C5)c3Cl)c2Cl)nc2c1CCN(C[C@H]1CC[C@H](C(=O)O)CC1)C2. The summed E-state index contributed by atoms with van der Waals surface area (Å²) in [5.41, 5.74) is 5.87. The lowest BCUT2D eigenvalue weighted by atomic mass is 9.81. The van der Waals surface area contributed by atoms with Crippen LogP contribution in [-0.4, -0.2) is 88.7 Å². The summed E-state index contributed by atoms with van der Waals surface area (Å²) >= 11 is 14.0. The maximum Gasteiger partial charge on any atom is 0.306 e. The molecule has 302 valence electrons. The van der Waals surface area contributed by atoms with Crippen molar-refractivity contribution in [3.8, 4) is 11.1 Å². The topological polar surface area (TPSA) is 158 Å². The molecule has 2 aromatic heterocycles. The second-order valence-electron chi connectivity index (χ2n) is 16.2. The number of amides is 2. The largest absolute Gasteiger partial charge is 0.481 e. The van der Waals surface area contributed by atoms with Crippen LogP contribution in [0.5, 0.6) is 0 Å². The number of carboxylic acid groups (broad SMARTS) is 1. The number of aromatic nitrogens is 4. The second-order valence-corrected chi connectivity index (χ2v) is 17.0. The van der Waals surface area contributed by atoms with Crippen LogP contribution in [0.4, 0.5) is 11.4 Å². The molecule has 15 heteroatoms. The van der Waals surface area contributed by atoms with E-state index in [0.717, 1.165) is 107 Å². The van der Waals surface area contributed by atoms with Crippen molar-refractivity contribution in [2.45, 2.75) is 89.4 Å². The maximum absolute atomic E-state index is 13.7. The molecule has 2 fully saturated rings. The monoisotopic (exact) mass is 816 g/mol. The van der Waals surface area contributed by atoms with Gasteiger partial charge in [0.2, 0.25) is 0 Å². The third kappa shape index (κ3) is 8.09. The van der Waals surface area contributed by atoms with Crippen LogP contribution in [0.15, 0.2) is 36.4 Å². The first-order chi connectivity index (χ1) is 27.4. The van der Waals surface area contributed by atoms with Gasteiger partial charge in [0.15, 0.2) is 11.6 Å². The Morgan fingerprint density at radius 1 is 0.737 bits per heavy atom. The van der Waals surface area contributed by atoms with Gasteiger partial charge in [0, 0.05) is 88.2 Å². The Kier molecular flexibility index (Phi) is 11.5. The zero-order valence-corrected chi connectivity index (χ0v) is 34.0. The average Bonchev–Trinajstić information content (AvgIpc) is 3.72. The summed E-state index contributed by atoms with van der Waals surface area (Å²) in [6, 6.07) is 11.1. The van der Waals surface area contributed by atoms with Crippen LogP contribution in [0, 0.1) is 11.8 Å². The van der Waals surface area contributed by atoms with E-state index in [2.05, 4.69) is 20.4 Å². The van der Waals surface area contributed by atoms with Crippen LogP contribution in [0.25, 0.3) is 11.1 Å². The number of hydrogen-bond acceptors (Lipinski definition) is 8. The Hall–Kier alpha value is -4.27. The highest BCUT2D eigenvalue weighted by Gasteiger charge is 2.33. The van der Waals surface area contributed by atoms with E-state index in [1.54, 1.807) is 24.3 Å². The van der Waals surface area contributed by atoms with Gasteiger partial charge in [-0.2, -0.15) is 0 Å². The van der Waals surface area contributed by atoms with Crippen LogP contribution in [0.3, 0.4) is 0 Å². The Bertz CT molecular complexity index is 2190. The van der Waals surface area contributed by atoms with E-state index in [1.807, 2.05) is 35.4 Å². The first-order valence-corrected chi connectivity index (χ1v) is 20.9. The highest BCUT2D eigenvalue weighted by atomic mass is 35.5. The number of aliphatic hydroxyl groups excluding tert-OH is 1. The Morgan fingerprint density at radius 3 is 1.81 bits per heavy atom. The van der Waals surface area contributed by atoms with Crippen LogP contribution < -0.4 is 10.6 Å². The molecule has 2 aliphatic carbocycles. The highest BCUT2D eigenvalue weighted by molar-refractivity contribution is 6.40. The third-order valence-electron chi connectivity index (χ3n) is 12.7. The number of carboxylic acids is 1. The zero-order valence-electron chi connectivity index (χ0n) is 32.4. The minimum atomic E-state index is -0.688. The summed E-state index contributed by atoms with van der Waals surface area (Å²) in [6.45, 7) is 3.98. The van der Waals surface area contributed by atoms with Gasteiger partial charge in [-0.15, -0.1) is 0 Å². The molecule has 4 aromatic rings. The molecule has 2 aliphatic heterocycles. The van der Waals surface area contributed by atoms with Gasteiger partial charge in [0.1, 0.15) is 0 Å². The zero-order chi connectivity index (χ0) is 40.0. The molecule has 4 N–H and O–H groups in total. The van der Waals surface area contributed by atoms with Crippen molar-refractivity contribution in [3.63, 3.8) is 0 Å². The molecule has 13 nitrogen and oxygen atoms in total. The summed E-state index contributed by atoms with van der Waals surface area (Å²) < 4.78 is 3.73. The van der Waals surface area contributed by atoms with Crippen LogP contribution in [0.1, 0.15) is 95.4 Å². The Balaban J connectivity index is 0.933. The van der Waals surface area contributed by atoms with Gasteiger partial charge in [0.05, 0.1) is 44.8 Å². The number of rotatable bonds is 9. The smallest absolute Gasteiger partial charge is 0.306 e. The lowest BCUT2D eigenvalue weighted by Crippen LogP contribution is -2.42. The van der Waals surface area contributed by atoms with Crippen molar-refractivity contribution >= 4 is 52.4 Å². The standard InChI is InChI=1S/C42H50Cl2N8O5/c1-49-34-17-19-51(21-24-9-11-25(12-10-24)42(56)57)22-32(34)45-38(49)40(54)47-30-7-3-5-28(36(30)43)29-6-4-8-31(37(29)44)48-41(55)39-46-33-23-52(20-18-35(33)50(39)2)26-13-15-27(53)16-14-26/h3-8,24-27,53H,9-23H2,1-2H3,(H,47,54)(H,48,55)(H,56,57)/t24-,25-,26?,27?. The molecular formula is C42H50Cl2N8O5. The van der Waals surface area contributed by atoms with Gasteiger partial charge in [0.25, 0.3) is 11.8 Å². The fraction of sp³-hybridized carbons (Fsp3) is 0.500. The molecule has 57 heavy (non-hydrogen) atoms. The van der Waals surface area contributed by atoms with Crippen molar-refractivity contribution in [1.82, 2.24) is 28.9 Å². The van der Waals surface area contributed by atoms with Gasteiger partial charge in [-0.1, -0.05) is 47.5 Å². The summed E-state index contributed by atoms with van der Waals surface area (Å²) in [5.74, 6) is -0.582. The number of nitrogens with one attached hydrogen (secondary N) is 2. The number of aliphatic carboxylic acids is 1. The van der Waals surface area contributed by atoms with E-state index in [4.69, 9.17) is 33.2 Å². The van der Waals surface area contributed by atoms with Crippen molar-refractivity contribution < 1.29 is 24.6 Å². The van der Waals surface area contributed by atoms with Crippen LogP contribution in [0.2, 0.25) is 10.0 Å². The molecule has 0 unspecified atom stereocenters. The molecule has 4 aliphatic rings. The van der Waals surface area contributed by atoms with Gasteiger partial charge in [-0.05, 0) is 69.4 Å². The number of anilines is 2. The molecule has 2 aromatic carbocycles. The fourth-order valence-corrected chi connectivity index (χ4v) is 9.96. The number of carbonyl (C=O) groups excluding carboxylic acids is 2. The fourth-order valence-electron chi connectivity index (χ4n) is 9.41. The highest BCUT2D eigenvalue weighted by Crippen LogP contribution is 2.41. The maximum atomic E-state index is 13.7. The van der Waals surface area contributed by atoms with Crippen molar-refractivity contribution in [3.05, 3.63) is 80.9 Å². The average molecular weight is 818 g/mol. The number of nitrogens with zero attached hydrogens (tertiary/aromatic N) is 6. The minimum absolute atomic E-state index is 0.203. The van der Waals surface area contributed by atoms with Gasteiger partial charge < -0.3 is 30.0 Å². The van der Waals surface area contributed by atoms with Crippen LogP contribution >= 0.6 is 23.2 Å². The summed E-state index contributed by atoms with van der Waals surface area (Å²) in [6.07, 6.45) is 8.24. The number of benzene rings is 2. The van der Waals surface area contributed by atoms with Gasteiger partial charge in [-0.25, -0.2) is 9.97 Å².